The highest BCUT2D eigenvalue weighted by molar-refractivity contribution is 5.51. The number of aromatic hydroxyl groups is 5. The third-order valence-electron chi connectivity index (χ3n) is 6.24. The lowest BCUT2D eigenvalue weighted by atomic mass is 9.82. The molecule has 1 saturated carbocycles. The van der Waals surface area contributed by atoms with Gasteiger partial charge in [0.15, 0.2) is 23.0 Å². The van der Waals surface area contributed by atoms with E-state index in [0.717, 1.165) is 35.1 Å². The number of phenols is 5. The Balaban J connectivity index is 1.72. The van der Waals surface area contributed by atoms with Gasteiger partial charge in [0.1, 0.15) is 5.75 Å². The Morgan fingerprint density at radius 1 is 0.581 bits per heavy atom. The Morgan fingerprint density at radius 3 is 1.52 bits per heavy atom. The summed E-state index contributed by atoms with van der Waals surface area (Å²) in [5.74, 6) is -0.0538. The van der Waals surface area contributed by atoms with Gasteiger partial charge in [-0.25, -0.2) is 0 Å². The fourth-order valence-corrected chi connectivity index (χ4v) is 4.53. The summed E-state index contributed by atoms with van der Waals surface area (Å²) in [5, 5.41) is 49.9. The Labute approximate surface area is 181 Å². The van der Waals surface area contributed by atoms with Gasteiger partial charge in [-0.15, -0.1) is 0 Å². The molecule has 5 nitrogen and oxygen atoms in total. The quantitative estimate of drug-likeness (QED) is 0.354. The number of hydrogen-bond acceptors (Lipinski definition) is 5. The first kappa shape index (κ1) is 20.9. The third kappa shape index (κ3) is 4.71. The average Bonchev–Trinajstić information content (AvgIpc) is 2.76. The van der Waals surface area contributed by atoms with Crippen molar-refractivity contribution in [2.45, 2.75) is 50.9 Å². The molecule has 0 amide bonds. The molecule has 3 aromatic rings. The predicted octanol–water partition coefficient (Wildman–Crippen LogP) is 5.44. The van der Waals surface area contributed by atoms with Crippen molar-refractivity contribution >= 4 is 0 Å². The van der Waals surface area contributed by atoms with Crippen molar-refractivity contribution in [3.8, 4) is 28.7 Å². The molecule has 162 valence electrons. The van der Waals surface area contributed by atoms with Crippen molar-refractivity contribution in [3.63, 3.8) is 0 Å². The van der Waals surface area contributed by atoms with E-state index in [-0.39, 0.29) is 28.7 Å². The summed E-state index contributed by atoms with van der Waals surface area (Å²) in [5.41, 5.74) is 4.32. The number of phenolic OH excluding ortho intramolecular Hbond substituents is 5. The van der Waals surface area contributed by atoms with Crippen LogP contribution in [0.2, 0.25) is 0 Å². The van der Waals surface area contributed by atoms with Gasteiger partial charge in [-0.2, -0.15) is 0 Å². The van der Waals surface area contributed by atoms with Gasteiger partial charge in [-0.1, -0.05) is 43.5 Å². The molecule has 0 aromatic heterocycles. The summed E-state index contributed by atoms with van der Waals surface area (Å²) in [4.78, 5) is 0. The lowest BCUT2D eigenvalue weighted by Crippen LogP contribution is -2.07. The minimum absolute atomic E-state index is 0.170. The molecule has 0 unspecified atom stereocenters. The largest absolute Gasteiger partial charge is 0.507 e. The molecule has 1 aliphatic rings. The van der Waals surface area contributed by atoms with Crippen molar-refractivity contribution in [2.75, 3.05) is 0 Å². The average molecular weight is 421 g/mol. The summed E-state index contributed by atoms with van der Waals surface area (Å²) in [6.45, 7) is 0. The zero-order chi connectivity index (χ0) is 22.0. The molecule has 5 N–H and O–H groups in total. The zero-order valence-electron chi connectivity index (χ0n) is 17.4. The molecule has 0 heterocycles. The Bertz CT molecular complexity index is 1010. The molecule has 5 heteroatoms. The Kier molecular flexibility index (Phi) is 5.94. The maximum absolute atomic E-state index is 11.1. The van der Waals surface area contributed by atoms with Gasteiger partial charge < -0.3 is 25.5 Å². The first-order valence-electron chi connectivity index (χ1n) is 10.8. The van der Waals surface area contributed by atoms with Crippen LogP contribution in [-0.2, 0) is 12.8 Å². The summed E-state index contributed by atoms with van der Waals surface area (Å²) >= 11 is 0. The van der Waals surface area contributed by atoms with Gasteiger partial charge in [-0.3, -0.25) is 0 Å². The molecular formula is C26H28O5. The molecule has 3 aromatic carbocycles. The van der Waals surface area contributed by atoms with Gasteiger partial charge in [0.2, 0.25) is 0 Å². The van der Waals surface area contributed by atoms with Gasteiger partial charge >= 0.3 is 0 Å². The van der Waals surface area contributed by atoms with Crippen molar-refractivity contribution in [1.82, 2.24) is 0 Å². The standard InChI is InChI=1S/C26H28O5/c27-22-8-6-16(12-24(22)29)10-20-14-19(18-4-2-1-3-5-18)15-21(26(20)31)11-17-7-9-23(28)25(30)13-17/h6-9,12-15,18,27-31H,1-5,10-11H2. The summed E-state index contributed by atoms with van der Waals surface area (Å²) in [6.07, 6.45) is 6.77. The van der Waals surface area contributed by atoms with Crippen LogP contribution in [0.1, 0.15) is 65.8 Å². The summed E-state index contributed by atoms with van der Waals surface area (Å²) < 4.78 is 0. The van der Waals surface area contributed by atoms with Crippen LogP contribution in [0.25, 0.3) is 0 Å². The van der Waals surface area contributed by atoms with Crippen molar-refractivity contribution < 1.29 is 25.5 Å². The molecule has 0 atom stereocenters. The first-order valence-corrected chi connectivity index (χ1v) is 10.8. The highest BCUT2D eigenvalue weighted by Gasteiger charge is 2.20. The highest BCUT2D eigenvalue weighted by Crippen LogP contribution is 2.38. The SMILES string of the molecule is Oc1ccc(Cc2cc(C3CCCCC3)cc(Cc3ccc(O)c(O)c3)c2O)cc1O. The lowest BCUT2D eigenvalue weighted by molar-refractivity contribution is 0.403. The second kappa shape index (κ2) is 8.80. The van der Waals surface area contributed by atoms with Crippen LogP contribution in [0.15, 0.2) is 48.5 Å². The van der Waals surface area contributed by atoms with E-state index >= 15 is 0 Å². The molecule has 1 aliphatic carbocycles. The second-order valence-corrected chi connectivity index (χ2v) is 8.52. The summed E-state index contributed by atoms with van der Waals surface area (Å²) in [7, 11) is 0. The molecule has 0 radical (unpaired) electrons. The minimum atomic E-state index is -0.180. The molecule has 4 rings (SSSR count). The van der Waals surface area contributed by atoms with Crippen LogP contribution in [-0.4, -0.2) is 25.5 Å². The maximum atomic E-state index is 11.1. The van der Waals surface area contributed by atoms with E-state index in [9.17, 15) is 25.5 Å². The molecule has 1 fully saturated rings. The molecule has 31 heavy (non-hydrogen) atoms. The normalized spacial score (nSPS) is 14.6. The molecule has 0 saturated heterocycles. The zero-order valence-corrected chi connectivity index (χ0v) is 17.4. The number of hydrogen-bond donors (Lipinski definition) is 5. The van der Waals surface area contributed by atoms with Crippen LogP contribution < -0.4 is 0 Å². The van der Waals surface area contributed by atoms with E-state index < -0.39 is 0 Å². The van der Waals surface area contributed by atoms with Crippen LogP contribution in [0.3, 0.4) is 0 Å². The maximum Gasteiger partial charge on any atom is 0.157 e. The molecule has 0 spiro atoms. The van der Waals surface area contributed by atoms with E-state index in [1.165, 1.54) is 49.1 Å². The van der Waals surface area contributed by atoms with E-state index in [2.05, 4.69) is 12.1 Å². The third-order valence-corrected chi connectivity index (χ3v) is 6.24. The van der Waals surface area contributed by atoms with Crippen LogP contribution in [0, 0.1) is 0 Å². The van der Waals surface area contributed by atoms with Gasteiger partial charge in [-0.05, 0) is 70.8 Å². The number of rotatable bonds is 5. The smallest absolute Gasteiger partial charge is 0.157 e. The van der Waals surface area contributed by atoms with Crippen molar-refractivity contribution in [1.29, 1.82) is 0 Å². The van der Waals surface area contributed by atoms with Crippen LogP contribution in [0.5, 0.6) is 28.7 Å². The van der Waals surface area contributed by atoms with Crippen molar-refractivity contribution in [2.24, 2.45) is 0 Å². The van der Waals surface area contributed by atoms with Crippen molar-refractivity contribution in [3.05, 3.63) is 76.3 Å². The lowest BCUT2D eigenvalue weighted by Gasteiger charge is -2.24. The van der Waals surface area contributed by atoms with E-state index in [0.29, 0.717) is 18.8 Å². The second-order valence-electron chi connectivity index (χ2n) is 8.52. The monoisotopic (exact) mass is 420 g/mol. The Morgan fingerprint density at radius 2 is 1.06 bits per heavy atom. The fraction of sp³-hybridized carbons (Fsp3) is 0.308. The van der Waals surface area contributed by atoms with E-state index in [1.54, 1.807) is 12.1 Å². The fourth-order valence-electron chi connectivity index (χ4n) is 4.53. The van der Waals surface area contributed by atoms with Gasteiger partial charge in [0, 0.05) is 12.8 Å². The Hall–Kier alpha value is -3.34. The highest BCUT2D eigenvalue weighted by atomic mass is 16.3. The van der Waals surface area contributed by atoms with Crippen LogP contribution in [0.4, 0.5) is 0 Å². The molecule has 0 aliphatic heterocycles. The first-order chi connectivity index (χ1) is 14.9. The topological polar surface area (TPSA) is 101 Å². The van der Waals surface area contributed by atoms with Gasteiger partial charge in [0.25, 0.3) is 0 Å². The van der Waals surface area contributed by atoms with E-state index in [1.807, 2.05) is 0 Å². The number of benzene rings is 3. The van der Waals surface area contributed by atoms with Crippen LogP contribution >= 0.6 is 0 Å². The predicted molar refractivity (Wildman–Crippen MR) is 119 cm³/mol. The molecule has 0 bridgehead atoms. The van der Waals surface area contributed by atoms with Gasteiger partial charge in [0.05, 0.1) is 0 Å². The minimum Gasteiger partial charge on any atom is -0.507 e. The van der Waals surface area contributed by atoms with E-state index in [4.69, 9.17) is 0 Å². The summed E-state index contributed by atoms with van der Waals surface area (Å²) in [6, 6.07) is 13.5. The molecular weight excluding hydrogens is 392 g/mol.